The number of amidine groups is 1. The van der Waals surface area contributed by atoms with Crippen LogP contribution >= 0.6 is 0 Å². The molecular formula is C13H18N4O4. The number of nitro benzene ring substituents is 1. The molecule has 0 bridgehead atoms. The summed E-state index contributed by atoms with van der Waals surface area (Å²) in [6.45, 7) is 0.268. The molecule has 0 aliphatic heterocycles. The van der Waals surface area contributed by atoms with Gasteiger partial charge in [-0.15, -0.1) is 0 Å². The highest BCUT2D eigenvalue weighted by molar-refractivity contribution is 5.98. The van der Waals surface area contributed by atoms with Gasteiger partial charge in [0.25, 0.3) is 5.69 Å². The molecule has 114 valence electrons. The van der Waals surface area contributed by atoms with Gasteiger partial charge in [0.1, 0.15) is 5.69 Å². The van der Waals surface area contributed by atoms with E-state index in [0.717, 1.165) is 19.3 Å². The van der Waals surface area contributed by atoms with Gasteiger partial charge in [-0.2, -0.15) is 0 Å². The van der Waals surface area contributed by atoms with Crippen molar-refractivity contribution in [1.29, 1.82) is 0 Å². The van der Waals surface area contributed by atoms with Crippen LogP contribution in [-0.2, 0) is 0 Å². The van der Waals surface area contributed by atoms with Crippen molar-refractivity contribution >= 4 is 17.2 Å². The van der Waals surface area contributed by atoms with Gasteiger partial charge in [-0.25, -0.2) is 0 Å². The van der Waals surface area contributed by atoms with E-state index in [2.05, 4.69) is 5.16 Å². The van der Waals surface area contributed by atoms with Crippen molar-refractivity contribution in [3.05, 3.63) is 33.9 Å². The van der Waals surface area contributed by atoms with Gasteiger partial charge in [0.2, 0.25) is 0 Å². The van der Waals surface area contributed by atoms with Gasteiger partial charge in [0, 0.05) is 24.2 Å². The van der Waals surface area contributed by atoms with Crippen LogP contribution < -0.4 is 10.6 Å². The molecule has 2 rings (SSSR count). The third kappa shape index (κ3) is 3.05. The minimum absolute atomic E-state index is 0.0738. The number of nitro groups is 1. The second kappa shape index (κ2) is 6.40. The third-order valence-corrected chi connectivity index (χ3v) is 3.74. The lowest BCUT2D eigenvalue weighted by atomic mass is 9.90. The van der Waals surface area contributed by atoms with Crippen LogP contribution in [0.5, 0.6) is 0 Å². The Morgan fingerprint density at radius 3 is 2.71 bits per heavy atom. The van der Waals surface area contributed by atoms with E-state index in [1.807, 2.05) is 4.90 Å². The Hall–Kier alpha value is -2.35. The third-order valence-electron chi connectivity index (χ3n) is 3.74. The fourth-order valence-corrected chi connectivity index (χ4v) is 2.44. The van der Waals surface area contributed by atoms with Crippen LogP contribution in [0.3, 0.4) is 0 Å². The molecule has 0 spiro atoms. The van der Waals surface area contributed by atoms with E-state index < -0.39 is 4.92 Å². The zero-order valence-electron chi connectivity index (χ0n) is 11.5. The highest BCUT2D eigenvalue weighted by Crippen LogP contribution is 2.35. The maximum atomic E-state index is 11.3. The molecule has 0 unspecified atom stereocenters. The first-order valence-corrected chi connectivity index (χ1v) is 6.72. The number of benzene rings is 1. The maximum absolute atomic E-state index is 11.3. The molecule has 0 radical (unpaired) electrons. The Kier molecular flexibility index (Phi) is 4.59. The Morgan fingerprint density at radius 1 is 1.52 bits per heavy atom. The summed E-state index contributed by atoms with van der Waals surface area (Å²) in [5.74, 6) is -0.179. The highest BCUT2D eigenvalue weighted by Gasteiger charge is 2.29. The Morgan fingerprint density at radius 2 is 2.24 bits per heavy atom. The van der Waals surface area contributed by atoms with Crippen LogP contribution in [0.15, 0.2) is 23.4 Å². The quantitative estimate of drug-likeness (QED) is 0.237. The average molecular weight is 294 g/mol. The summed E-state index contributed by atoms with van der Waals surface area (Å²) in [6, 6.07) is 4.65. The van der Waals surface area contributed by atoms with Crippen LogP contribution in [0, 0.1) is 10.1 Å². The number of nitrogens with zero attached hydrogens (tertiary/aromatic N) is 3. The molecule has 8 heteroatoms. The molecule has 1 saturated carbocycles. The number of nitrogens with two attached hydrogens (primary N) is 1. The number of aliphatic hydroxyl groups excluding tert-OH is 1. The van der Waals surface area contributed by atoms with E-state index in [1.54, 1.807) is 12.1 Å². The first kappa shape index (κ1) is 15.0. The van der Waals surface area contributed by atoms with Gasteiger partial charge in [-0.05, 0) is 31.4 Å². The Balaban J connectivity index is 2.43. The SMILES string of the molecule is N/C(=N/O)c1ccc(N(CCO)C2CCC2)c([N+](=O)[O-])c1. The summed E-state index contributed by atoms with van der Waals surface area (Å²) < 4.78 is 0. The number of hydrogen-bond donors (Lipinski definition) is 3. The molecule has 1 aliphatic rings. The number of anilines is 1. The van der Waals surface area contributed by atoms with Crippen molar-refractivity contribution in [2.24, 2.45) is 10.9 Å². The summed E-state index contributed by atoms with van der Waals surface area (Å²) in [4.78, 5) is 12.7. The second-order valence-corrected chi connectivity index (χ2v) is 4.95. The summed E-state index contributed by atoms with van der Waals surface area (Å²) in [5, 5.41) is 32.0. The van der Waals surface area contributed by atoms with Crippen molar-refractivity contribution in [3.8, 4) is 0 Å². The van der Waals surface area contributed by atoms with Gasteiger partial charge in [0.15, 0.2) is 5.84 Å². The number of hydrogen-bond acceptors (Lipinski definition) is 6. The lowest BCUT2D eigenvalue weighted by Gasteiger charge is -2.38. The molecule has 0 heterocycles. The van der Waals surface area contributed by atoms with Crippen LogP contribution in [0.25, 0.3) is 0 Å². The van der Waals surface area contributed by atoms with Gasteiger partial charge in [-0.3, -0.25) is 10.1 Å². The molecule has 1 fully saturated rings. The molecular weight excluding hydrogens is 276 g/mol. The lowest BCUT2D eigenvalue weighted by molar-refractivity contribution is -0.384. The molecule has 4 N–H and O–H groups in total. The van der Waals surface area contributed by atoms with Crippen molar-refractivity contribution in [2.75, 3.05) is 18.1 Å². The fourth-order valence-electron chi connectivity index (χ4n) is 2.44. The predicted molar refractivity (Wildman–Crippen MR) is 77.7 cm³/mol. The van der Waals surface area contributed by atoms with Gasteiger partial charge >= 0.3 is 0 Å². The van der Waals surface area contributed by atoms with Gasteiger partial charge in [0.05, 0.1) is 11.5 Å². The monoisotopic (exact) mass is 294 g/mol. The summed E-state index contributed by atoms with van der Waals surface area (Å²) >= 11 is 0. The summed E-state index contributed by atoms with van der Waals surface area (Å²) in [7, 11) is 0. The largest absolute Gasteiger partial charge is 0.409 e. The zero-order valence-corrected chi connectivity index (χ0v) is 11.5. The normalized spacial score (nSPS) is 15.6. The fraction of sp³-hybridized carbons (Fsp3) is 0.462. The summed E-state index contributed by atoms with van der Waals surface area (Å²) in [6.07, 6.45) is 3.00. The number of rotatable bonds is 6. The van der Waals surface area contributed by atoms with E-state index in [1.165, 1.54) is 6.07 Å². The predicted octanol–water partition coefficient (Wildman–Crippen LogP) is 1.04. The topological polar surface area (TPSA) is 125 Å². The summed E-state index contributed by atoms with van der Waals surface area (Å²) in [5.41, 5.74) is 6.09. The molecule has 8 nitrogen and oxygen atoms in total. The van der Waals surface area contributed by atoms with Crippen molar-refractivity contribution in [3.63, 3.8) is 0 Å². The molecule has 0 saturated heterocycles. The van der Waals surface area contributed by atoms with Crippen molar-refractivity contribution in [1.82, 2.24) is 0 Å². The number of oxime groups is 1. The Labute approximate surface area is 121 Å². The van der Waals surface area contributed by atoms with Gasteiger partial charge < -0.3 is 20.9 Å². The van der Waals surface area contributed by atoms with Crippen LogP contribution in [-0.4, -0.2) is 40.3 Å². The highest BCUT2D eigenvalue weighted by atomic mass is 16.6. The van der Waals surface area contributed by atoms with E-state index in [4.69, 9.17) is 10.9 Å². The average Bonchev–Trinajstić information content (AvgIpc) is 2.43. The first-order valence-electron chi connectivity index (χ1n) is 6.72. The molecule has 0 amide bonds. The standard InChI is InChI=1S/C13H18N4O4/c14-13(15-19)9-4-5-11(12(8-9)17(20)21)16(6-7-18)10-2-1-3-10/h4-5,8,10,18-19H,1-3,6-7H2,(H2,14,15). The molecule has 0 atom stereocenters. The smallest absolute Gasteiger partial charge is 0.293 e. The van der Waals surface area contributed by atoms with Crippen LogP contribution in [0.4, 0.5) is 11.4 Å². The van der Waals surface area contributed by atoms with E-state index in [0.29, 0.717) is 12.2 Å². The second-order valence-electron chi connectivity index (χ2n) is 4.95. The lowest BCUT2D eigenvalue weighted by Crippen LogP contribution is -2.42. The zero-order chi connectivity index (χ0) is 15.4. The van der Waals surface area contributed by atoms with E-state index in [9.17, 15) is 15.2 Å². The molecule has 21 heavy (non-hydrogen) atoms. The molecule has 0 aromatic heterocycles. The van der Waals surface area contributed by atoms with Gasteiger partial charge in [-0.1, -0.05) is 5.16 Å². The van der Waals surface area contributed by atoms with Crippen LogP contribution in [0.1, 0.15) is 24.8 Å². The Bertz CT molecular complexity index is 557. The molecule has 1 aliphatic carbocycles. The molecule has 1 aromatic carbocycles. The first-order chi connectivity index (χ1) is 10.1. The van der Waals surface area contributed by atoms with E-state index in [-0.39, 0.29) is 29.7 Å². The minimum atomic E-state index is -0.494. The molecule has 1 aromatic rings. The van der Waals surface area contributed by atoms with Crippen molar-refractivity contribution in [2.45, 2.75) is 25.3 Å². The minimum Gasteiger partial charge on any atom is -0.409 e. The maximum Gasteiger partial charge on any atom is 0.293 e. The van der Waals surface area contributed by atoms with Crippen LogP contribution in [0.2, 0.25) is 0 Å². The number of aliphatic hydroxyl groups is 1. The van der Waals surface area contributed by atoms with Crippen molar-refractivity contribution < 1.29 is 15.2 Å². The van der Waals surface area contributed by atoms with E-state index >= 15 is 0 Å².